The molecule has 1 N–H and O–H groups in total. The molecule has 1 aromatic heterocycles. The van der Waals surface area contributed by atoms with Gasteiger partial charge in [-0.05, 0) is 17.7 Å². The molecule has 106 valence electrons. The zero-order chi connectivity index (χ0) is 13.9. The lowest BCUT2D eigenvalue weighted by Crippen LogP contribution is -2.22. The van der Waals surface area contributed by atoms with Crippen LogP contribution in [0.4, 0.5) is 0 Å². The second kappa shape index (κ2) is 5.81. The second-order valence-electron chi connectivity index (χ2n) is 4.77. The SMILES string of the molecule is COc1ccc(Cc2nc3c(s2)CNCC3)cc1OC. The van der Waals surface area contributed by atoms with Crippen molar-refractivity contribution in [1.82, 2.24) is 10.3 Å². The van der Waals surface area contributed by atoms with Crippen LogP contribution in [-0.2, 0) is 19.4 Å². The summed E-state index contributed by atoms with van der Waals surface area (Å²) in [6.45, 7) is 1.99. The van der Waals surface area contributed by atoms with Gasteiger partial charge in [0.1, 0.15) is 0 Å². The van der Waals surface area contributed by atoms with Gasteiger partial charge in [-0.15, -0.1) is 11.3 Å². The molecule has 0 fully saturated rings. The van der Waals surface area contributed by atoms with Gasteiger partial charge in [-0.1, -0.05) is 6.07 Å². The number of ether oxygens (including phenoxy) is 2. The Kier molecular flexibility index (Phi) is 3.89. The Balaban J connectivity index is 1.82. The molecule has 3 rings (SSSR count). The summed E-state index contributed by atoms with van der Waals surface area (Å²) >= 11 is 1.81. The van der Waals surface area contributed by atoms with Gasteiger partial charge in [0.05, 0.1) is 24.9 Å². The smallest absolute Gasteiger partial charge is 0.160 e. The number of nitrogens with zero attached hydrogens (tertiary/aromatic N) is 1. The predicted octanol–water partition coefficient (Wildman–Crippen LogP) is 2.40. The quantitative estimate of drug-likeness (QED) is 0.939. The zero-order valence-electron chi connectivity index (χ0n) is 11.7. The Morgan fingerprint density at radius 3 is 2.85 bits per heavy atom. The van der Waals surface area contributed by atoms with Gasteiger partial charge in [-0.3, -0.25) is 0 Å². The highest BCUT2D eigenvalue weighted by atomic mass is 32.1. The number of methoxy groups -OCH3 is 2. The molecular weight excluding hydrogens is 272 g/mol. The van der Waals surface area contributed by atoms with E-state index in [1.165, 1.54) is 21.1 Å². The minimum absolute atomic E-state index is 0.763. The first-order valence-corrected chi connectivity index (χ1v) is 7.51. The summed E-state index contributed by atoms with van der Waals surface area (Å²) in [5, 5.41) is 4.56. The van der Waals surface area contributed by atoms with E-state index in [0.717, 1.165) is 37.4 Å². The summed E-state index contributed by atoms with van der Waals surface area (Å²) in [4.78, 5) is 6.13. The minimum atomic E-state index is 0.763. The van der Waals surface area contributed by atoms with Crippen LogP contribution in [0.1, 0.15) is 21.1 Å². The molecule has 5 heteroatoms. The lowest BCUT2D eigenvalue weighted by atomic mass is 10.1. The molecule has 1 aliphatic heterocycles. The number of hydrogen-bond donors (Lipinski definition) is 1. The van der Waals surface area contributed by atoms with Crippen LogP contribution in [0.25, 0.3) is 0 Å². The average molecular weight is 290 g/mol. The van der Waals surface area contributed by atoms with Gasteiger partial charge in [0.25, 0.3) is 0 Å². The molecule has 0 spiro atoms. The van der Waals surface area contributed by atoms with E-state index in [1.807, 2.05) is 23.5 Å². The standard InChI is InChI=1S/C15H18N2O2S/c1-18-12-4-3-10(7-13(12)19-2)8-15-17-11-5-6-16-9-14(11)20-15/h3-4,7,16H,5-6,8-9H2,1-2H3. The third-order valence-electron chi connectivity index (χ3n) is 3.45. The maximum Gasteiger partial charge on any atom is 0.160 e. The lowest BCUT2D eigenvalue weighted by molar-refractivity contribution is 0.354. The van der Waals surface area contributed by atoms with Crippen molar-refractivity contribution in [3.63, 3.8) is 0 Å². The Morgan fingerprint density at radius 2 is 2.10 bits per heavy atom. The van der Waals surface area contributed by atoms with Crippen LogP contribution in [0, 0.1) is 0 Å². The first-order chi connectivity index (χ1) is 9.80. The van der Waals surface area contributed by atoms with Gasteiger partial charge in [-0.2, -0.15) is 0 Å². The van der Waals surface area contributed by atoms with Crippen molar-refractivity contribution >= 4 is 11.3 Å². The largest absolute Gasteiger partial charge is 0.493 e. The van der Waals surface area contributed by atoms with E-state index in [2.05, 4.69) is 11.4 Å². The van der Waals surface area contributed by atoms with Crippen LogP contribution in [0.5, 0.6) is 11.5 Å². The van der Waals surface area contributed by atoms with Gasteiger partial charge in [0, 0.05) is 30.8 Å². The fraction of sp³-hybridized carbons (Fsp3) is 0.400. The first-order valence-electron chi connectivity index (χ1n) is 6.69. The van der Waals surface area contributed by atoms with Crippen LogP contribution in [0.2, 0.25) is 0 Å². The molecule has 1 aliphatic rings. The normalized spacial score (nSPS) is 13.9. The number of aromatic nitrogens is 1. The summed E-state index contributed by atoms with van der Waals surface area (Å²) in [5.74, 6) is 1.53. The highest BCUT2D eigenvalue weighted by Crippen LogP contribution is 2.30. The molecule has 0 unspecified atom stereocenters. The zero-order valence-corrected chi connectivity index (χ0v) is 12.5. The van der Waals surface area contributed by atoms with Gasteiger partial charge in [0.2, 0.25) is 0 Å². The molecule has 1 aromatic carbocycles. The number of hydrogen-bond acceptors (Lipinski definition) is 5. The van der Waals surface area contributed by atoms with Crippen molar-refractivity contribution in [3.05, 3.63) is 39.3 Å². The number of nitrogens with one attached hydrogen (secondary N) is 1. The first kappa shape index (κ1) is 13.4. The number of fused-ring (bicyclic) bond motifs is 1. The van der Waals surface area contributed by atoms with Crippen LogP contribution in [0.15, 0.2) is 18.2 Å². The Morgan fingerprint density at radius 1 is 1.25 bits per heavy atom. The fourth-order valence-electron chi connectivity index (χ4n) is 2.42. The third kappa shape index (κ3) is 2.64. The molecule has 0 aliphatic carbocycles. The van der Waals surface area contributed by atoms with Crippen molar-refractivity contribution in [2.75, 3.05) is 20.8 Å². The van der Waals surface area contributed by atoms with Crippen molar-refractivity contribution in [1.29, 1.82) is 0 Å². The lowest BCUT2D eigenvalue weighted by Gasteiger charge is -2.09. The monoisotopic (exact) mass is 290 g/mol. The molecule has 0 atom stereocenters. The molecule has 0 saturated carbocycles. The maximum absolute atomic E-state index is 5.34. The van der Waals surface area contributed by atoms with E-state index in [9.17, 15) is 0 Å². The van der Waals surface area contributed by atoms with Gasteiger partial charge in [0.15, 0.2) is 11.5 Å². The number of thiazole rings is 1. The van der Waals surface area contributed by atoms with E-state index in [1.54, 1.807) is 14.2 Å². The summed E-state index contributed by atoms with van der Waals surface area (Å²) in [7, 11) is 3.31. The van der Waals surface area contributed by atoms with E-state index in [-0.39, 0.29) is 0 Å². The molecule has 0 saturated heterocycles. The highest BCUT2D eigenvalue weighted by Gasteiger charge is 2.15. The molecule has 20 heavy (non-hydrogen) atoms. The van der Waals surface area contributed by atoms with Crippen LogP contribution >= 0.6 is 11.3 Å². The van der Waals surface area contributed by atoms with Crippen molar-refractivity contribution < 1.29 is 9.47 Å². The average Bonchev–Trinajstić information content (AvgIpc) is 2.89. The van der Waals surface area contributed by atoms with Gasteiger partial charge < -0.3 is 14.8 Å². The molecule has 0 radical (unpaired) electrons. The summed E-state index contributed by atoms with van der Waals surface area (Å²) in [6, 6.07) is 6.04. The maximum atomic E-state index is 5.34. The molecule has 2 aromatic rings. The summed E-state index contributed by atoms with van der Waals surface area (Å²) < 4.78 is 10.6. The fourth-order valence-corrected chi connectivity index (χ4v) is 3.54. The number of benzene rings is 1. The second-order valence-corrected chi connectivity index (χ2v) is 5.94. The Labute approximate surface area is 122 Å². The molecule has 0 bridgehead atoms. The Hall–Kier alpha value is -1.59. The van der Waals surface area contributed by atoms with E-state index in [4.69, 9.17) is 14.5 Å². The predicted molar refractivity (Wildman–Crippen MR) is 79.9 cm³/mol. The number of rotatable bonds is 4. The van der Waals surface area contributed by atoms with E-state index < -0.39 is 0 Å². The Bertz CT molecular complexity index is 586. The van der Waals surface area contributed by atoms with Crippen molar-refractivity contribution in [2.24, 2.45) is 0 Å². The van der Waals surface area contributed by atoms with E-state index >= 15 is 0 Å². The molecule has 0 amide bonds. The molecular formula is C15H18N2O2S. The van der Waals surface area contributed by atoms with Gasteiger partial charge >= 0.3 is 0 Å². The minimum Gasteiger partial charge on any atom is -0.493 e. The molecule has 2 heterocycles. The summed E-state index contributed by atoms with van der Waals surface area (Å²) in [6.07, 6.45) is 1.88. The van der Waals surface area contributed by atoms with Crippen LogP contribution in [-0.4, -0.2) is 25.7 Å². The van der Waals surface area contributed by atoms with Crippen molar-refractivity contribution in [2.45, 2.75) is 19.4 Å². The van der Waals surface area contributed by atoms with E-state index in [0.29, 0.717) is 0 Å². The molecule has 4 nitrogen and oxygen atoms in total. The van der Waals surface area contributed by atoms with Crippen LogP contribution < -0.4 is 14.8 Å². The summed E-state index contributed by atoms with van der Waals surface area (Å²) in [5.41, 5.74) is 2.46. The third-order valence-corrected chi connectivity index (χ3v) is 4.55. The van der Waals surface area contributed by atoms with Crippen molar-refractivity contribution in [3.8, 4) is 11.5 Å². The highest BCUT2D eigenvalue weighted by molar-refractivity contribution is 7.11. The van der Waals surface area contributed by atoms with Crippen LogP contribution in [0.3, 0.4) is 0 Å². The topological polar surface area (TPSA) is 43.4 Å². The van der Waals surface area contributed by atoms with Gasteiger partial charge in [-0.25, -0.2) is 4.98 Å².